The Labute approximate surface area is 101 Å². The molecule has 6 saturated carbocycles. The maximum atomic E-state index is 12.6. The second-order valence-corrected chi connectivity index (χ2v) is 8.16. The standard InChI is InChI=1S/C15H18O2/c1-5(16)14-6-9-7(14)11-8(14)10(6)15(9,11)12(17)13(2,3)4/h6-11H,1-4H3. The quantitative estimate of drug-likeness (QED) is 0.726. The maximum absolute atomic E-state index is 12.6. The van der Waals surface area contributed by atoms with Gasteiger partial charge in [0.15, 0.2) is 0 Å². The topological polar surface area (TPSA) is 34.1 Å². The summed E-state index contributed by atoms with van der Waals surface area (Å²) < 4.78 is 0. The van der Waals surface area contributed by atoms with Gasteiger partial charge in [-0.1, -0.05) is 20.8 Å². The van der Waals surface area contributed by atoms with Crippen LogP contribution in [0.3, 0.4) is 0 Å². The van der Waals surface area contributed by atoms with Crippen molar-refractivity contribution in [3.8, 4) is 0 Å². The molecule has 0 N–H and O–H groups in total. The van der Waals surface area contributed by atoms with Crippen LogP contribution in [0.2, 0.25) is 0 Å². The van der Waals surface area contributed by atoms with Crippen LogP contribution in [0.1, 0.15) is 27.7 Å². The van der Waals surface area contributed by atoms with Crippen LogP contribution >= 0.6 is 0 Å². The highest BCUT2D eigenvalue weighted by atomic mass is 16.1. The van der Waals surface area contributed by atoms with E-state index in [1.54, 1.807) is 6.92 Å². The molecule has 0 heterocycles. The number of ketones is 2. The molecule has 6 fully saturated rings. The summed E-state index contributed by atoms with van der Waals surface area (Å²) in [6, 6.07) is 0. The molecular weight excluding hydrogens is 212 g/mol. The maximum Gasteiger partial charge on any atom is 0.145 e. The third-order valence-corrected chi connectivity index (χ3v) is 7.32. The molecule has 90 valence electrons. The van der Waals surface area contributed by atoms with Crippen LogP contribution in [0.25, 0.3) is 0 Å². The van der Waals surface area contributed by atoms with Gasteiger partial charge in [-0.05, 0) is 42.4 Å². The second-order valence-electron chi connectivity index (χ2n) is 8.16. The van der Waals surface area contributed by atoms with Crippen LogP contribution in [0.5, 0.6) is 0 Å². The molecule has 2 nitrogen and oxygen atoms in total. The third-order valence-electron chi connectivity index (χ3n) is 7.32. The number of Topliss-reactive ketones (excluding diaryl/α,β-unsaturated/α-hetero) is 2. The summed E-state index contributed by atoms with van der Waals surface area (Å²) in [6.45, 7) is 7.94. The minimum Gasteiger partial charge on any atom is -0.299 e. The molecular formula is C15H18O2. The van der Waals surface area contributed by atoms with E-state index in [0.29, 0.717) is 47.1 Å². The molecule has 0 atom stereocenters. The molecule has 6 rings (SSSR count). The van der Waals surface area contributed by atoms with Crippen LogP contribution < -0.4 is 0 Å². The highest BCUT2D eigenvalue weighted by Gasteiger charge is 3.12. The smallest absolute Gasteiger partial charge is 0.145 e. The fourth-order valence-electron chi connectivity index (χ4n) is 7.34. The van der Waals surface area contributed by atoms with Gasteiger partial charge in [0, 0.05) is 16.2 Å². The number of carbonyl (C=O) groups excluding carboxylic acids is 2. The Bertz CT molecular complexity index is 468. The van der Waals surface area contributed by atoms with Crippen molar-refractivity contribution in [2.45, 2.75) is 27.7 Å². The van der Waals surface area contributed by atoms with Crippen LogP contribution in [0.4, 0.5) is 0 Å². The van der Waals surface area contributed by atoms with Gasteiger partial charge in [-0.2, -0.15) is 0 Å². The Morgan fingerprint density at radius 3 is 1.47 bits per heavy atom. The SMILES string of the molecule is CC(=O)C12C3C4C1C1C2C3C41C(=O)C(C)(C)C. The summed E-state index contributed by atoms with van der Waals surface area (Å²) in [5.74, 6) is 4.70. The average molecular weight is 230 g/mol. The Kier molecular flexibility index (Phi) is 1.01. The molecule has 6 aliphatic carbocycles. The number of carbonyl (C=O) groups is 2. The molecule has 0 unspecified atom stereocenters. The summed E-state index contributed by atoms with van der Waals surface area (Å²) in [6.07, 6.45) is 0. The first kappa shape index (κ1) is 9.29. The lowest BCUT2D eigenvalue weighted by molar-refractivity contribution is -0.624. The van der Waals surface area contributed by atoms with Gasteiger partial charge in [0.05, 0.1) is 0 Å². The van der Waals surface area contributed by atoms with Gasteiger partial charge in [0.1, 0.15) is 11.6 Å². The van der Waals surface area contributed by atoms with E-state index in [1.807, 2.05) is 0 Å². The van der Waals surface area contributed by atoms with E-state index in [-0.39, 0.29) is 16.2 Å². The molecule has 0 aliphatic heterocycles. The Morgan fingerprint density at radius 1 is 0.824 bits per heavy atom. The van der Waals surface area contributed by atoms with Gasteiger partial charge >= 0.3 is 0 Å². The lowest BCUT2D eigenvalue weighted by atomic mass is 8.91. The van der Waals surface area contributed by atoms with Gasteiger partial charge < -0.3 is 0 Å². The zero-order valence-corrected chi connectivity index (χ0v) is 10.8. The fraction of sp³-hybridized carbons (Fsp3) is 0.867. The molecule has 0 spiro atoms. The Balaban J connectivity index is 1.55. The zero-order valence-electron chi connectivity index (χ0n) is 10.8. The van der Waals surface area contributed by atoms with Gasteiger partial charge in [-0.15, -0.1) is 0 Å². The minimum absolute atomic E-state index is 0.0788. The predicted octanol–water partition coefficient (Wildman–Crippen LogP) is 1.93. The van der Waals surface area contributed by atoms with Gasteiger partial charge in [0.2, 0.25) is 0 Å². The van der Waals surface area contributed by atoms with Gasteiger partial charge in [-0.25, -0.2) is 0 Å². The van der Waals surface area contributed by atoms with E-state index in [2.05, 4.69) is 20.8 Å². The first-order valence-corrected chi connectivity index (χ1v) is 6.89. The largest absolute Gasteiger partial charge is 0.299 e. The number of hydrogen-bond donors (Lipinski definition) is 0. The van der Waals surface area contributed by atoms with Gasteiger partial charge in [-0.3, -0.25) is 9.59 Å². The predicted molar refractivity (Wildman–Crippen MR) is 60.9 cm³/mol. The normalized spacial score (nSPS) is 66.6. The van der Waals surface area contributed by atoms with Crippen molar-refractivity contribution in [1.29, 1.82) is 0 Å². The van der Waals surface area contributed by atoms with Crippen molar-refractivity contribution in [2.75, 3.05) is 0 Å². The van der Waals surface area contributed by atoms with Gasteiger partial charge in [0.25, 0.3) is 0 Å². The third kappa shape index (κ3) is 0.456. The number of rotatable bonds is 2. The molecule has 0 bridgehead atoms. The molecule has 0 saturated heterocycles. The van der Waals surface area contributed by atoms with Crippen molar-refractivity contribution in [3.63, 3.8) is 0 Å². The van der Waals surface area contributed by atoms with Crippen molar-refractivity contribution in [2.24, 2.45) is 51.8 Å². The van der Waals surface area contributed by atoms with Crippen LogP contribution in [-0.2, 0) is 9.59 Å². The highest BCUT2D eigenvalue weighted by molar-refractivity contribution is 6.02. The Morgan fingerprint density at radius 2 is 1.18 bits per heavy atom. The summed E-state index contributed by atoms with van der Waals surface area (Å²) in [4.78, 5) is 24.5. The van der Waals surface area contributed by atoms with Crippen LogP contribution in [0.15, 0.2) is 0 Å². The van der Waals surface area contributed by atoms with Crippen molar-refractivity contribution >= 4 is 11.6 Å². The molecule has 0 aromatic heterocycles. The molecule has 0 radical (unpaired) electrons. The van der Waals surface area contributed by atoms with Crippen LogP contribution in [0, 0.1) is 51.8 Å². The zero-order chi connectivity index (χ0) is 12.1. The second kappa shape index (κ2) is 1.85. The minimum atomic E-state index is -0.191. The van der Waals surface area contributed by atoms with E-state index in [0.717, 1.165) is 0 Å². The first-order valence-electron chi connectivity index (χ1n) is 6.89. The van der Waals surface area contributed by atoms with E-state index in [4.69, 9.17) is 0 Å². The molecule has 2 heteroatoms. The number of hydrogen-bond acceptors (Lipinski definition) is 2. The fourth-order valence-corrected chi connectivity index (χ4v) is 7.34. The first-order chi connectivity index (χ1) is 7.83. The Hall–Kier alpha value is -0.660. The molecule has 6 aliphatic rings. The van der Waals surface area contributed by atoms with E-state index in [1.165, 1.54) is 0 Å². The lowest BCUT2D eigenvalue weighted by Crippen LogP contribution is -3.12. The monoisotopic (exact) mass is 230 g/mol. The lowest BCUT2D eigenvalue weighted by Gasteiger charge is -3.10. The van der Waals surface area contributed by atoms with E-state index >= 15 is 0 Å². The molecule has 0 amide bonds. The summed E-state index contributed by atoms with van der Waals surface area (Å²) in [5.41, 5.74) is -0.00140. The molecule has 0 aromatic carbocycles. The summed E-state index contributed by atoms with van der Waals surface area (Å²) >= 11 is 0. The molecule has 17 heavy (non-hydrogen) atoms. The van der Waals surface area contributed by atoms with Crippen molar-refractivity contribution in [1.82, 2.24) is 0 Å². The van der Waals surface area contributed by atoms with E-state index in [9.17, 15) is 9.59 Å². The van der Waals surface area contributed by atoms with E-state index < -0.39 is 0 Å². The summed E-state index contributed by atoms with van der Waals surface area (Å²) in [5, 5.41) is 0. The average Bonchev–Trinajstić information content (AvgIpc) is 2.26. The van der Waals surface area contributed by atoms with Crippen molar-refractivity contribution in [3.05, 3.63) is 0 Å². The molecule has 0 aromatic rings. The van der Waals surface area contributed by atoms with Crippen molar-refractivity contribution < 1.29 is 9.59 Å². The summed E-state index contributed by atoms with van der Waals surface area (Å²) in [7, 11) is 0. The highest BCUT2D eigenvalue weighted by Crippen LogP contribution is 3.10. The van der Waals surface area contributed by atoms with Crippen LogP contribution in [-0.4, -0.2) is 11.6 Å².